The van der Waals surface area contributed by atoms with Crippen molar-refractivity contribution >= 4 is 43.6 Å². The molecule has 4 aromatic rings. The average molecular weight is 452 g/mol. The first-order chi connectivity index (χ1) is 14.0. The summed E-state index contributed by atoms with van der Waals surface area (Å²) in [4.78, 5) is 12.1. The highest BCUT2D eigenvalue weighted by Crippen LogP contribution is 2.33. The lowest BCUT2D eigenvalue weighted by atomic mass is 10.0. The second kappa shape index (κ2) is 7.99. The number of aryl methyl sites for hydroxylation is 1. The van der Waals surface area contributed by atoms with Gasteiger partial charge < -0.3 is 10.3 Å². The van der Waals surface area contributed by atoms with Gasteiger partial charge in [0.15, 0.2) is 0 Å². The van der Waals surface area contributed by atoms with E-state index >= 15 is 0 Å². The van der Waals surface area contributed by atoms with Crippen molar-refractivity contribution in [1.29, 1.82) is 0 Å². The number of nitrogens with zero attached hydrogens (tertiary/aromatic N) is 1. The quantitative estimate of drug-likeness (QED) is 0.384. The molecule has 1 aromatic heterocycles. The first kappa shape index (κ1) is 19.6. The first-order valence-corrected chi connectivity index (χ1v) is 10.5. The van der Waals surface area contributed by atoms with E-state index in [2.05, 4.69) is 39.6 Å². The molecule has 0 unspecified atom stereocenters. The van der Waals surface area contributed by atoms with E-state index in [1.807, 2.05) is 18.2 Å². The predicted molar refractivity (Wildman–Crippen MR) is 119 cm³/mol. The zero-order valence-corrected chi connectivity index (χ0v) is 17.7. The average Bonchev–Trinajstić information content (AvgIpc) is 3.02. The largest absolute Gasteiger partial charge is 0.366 e. The molecule has 29 heavy (non-hydrogen) atoms. The summed E-state index contributed by atoms with van der Waals surface area (Å²) in [5.74, 6) is -0.748. The topological polar surface area (TPSA) is 48.0 Å². The van der Waals surface area contributed by atoms with Gasteiger partial charge in [0.2, 0.25) is 5.91 Å². The van der Waals surface area contributed by atoms with E-state index in [0.29, 0.717) is 12.1 Å². The normalized spacial score (nSPS) is 11.4. The molecule has 0 bridgehead atoms. The number of carbonyl (C=O) groups excluding carboxylic acids is 1. The summed E-state index contributed by atoms with van der Waals surface area (Å²) in [7, 11) is 0. The standard InChI is InChI=1S/C24H21BrFN2O/c1-2-3-5-15-8-10-18-22(12-15)28(14-16-13-17(26)9-11-20(16)25)21-7-4-6-19(23(18)21)24(27)29/h4,6-9,11-13H,2-3,5,14H2,1H3,(H2,27,29). The number of aromatic nitrogens is 1. The Kier molecular flexibility index (Phi) is 5.41. The van der Waals surface area contributed by atoms with Crippen molar-refractivity contribution in [2.45, 2.75) is 32.7 Å². The summed E-state index contributed by atoms with van der Waals surface area (Å²) in [5, 5.41) is 1.66. The summed E-state index contributed by atoms with van der Waals surface area (Å²) in [6.07, 6.45) is 3.18. The van der Waals surface area contributed by atoms with Crippen LogP contribution in [-0.2, 0) is 13.0 Å². The Morgan fingerprint density at radius 1 is 1.21 bits per heavy atom. The van der Waals surface area contributed by atoms with E-state index in [1.54, 1.807) is 12.1 Å². The molecular weight excluding hydrogens is 431 g/mol. The fourth-order valence-corrected chi connectivity index (χ4v) is 4.21. The van der Waals surface area contributed by atoms with Gasteiger partial charge >= 0.3 is 0 Å². The summed E-state index contributed by atoms with van der Waals surface area (Å²) in [5.41, 5.74) is 10.0. The Bertz CT molecular complexity index is 1230. The van der Waals surface area contributed by atoms with Crippen LogP contribution in [0, 0.1) is 11.9 Å². The highest BCUT2D eigenvalue weighted by atomic mass is 79.9. The number of amides is 1. The van der Waals surface area contributed by atoms with E-state index < -0.39 is 5.91 Å². The molecule has 0 saturated carbocycles. The van der Waals surface area contributed by atoms with Crippen LogP contribution in [0.2, 0.25) is 0 Å². The Labute approximate surface area is 177 Å². The number of unbranched alkanes of at least 4 members (excludes halogenated alkanes) is 1. The molecule has 1 radical (unpaired) electrons. The number of rotatable bonds is 6. The van der Waals surface area contributed by atoms with Crippen LogP contribution in [0.5, 0.6) is 0 Å². The predicted octanol–water partition coefficient (Wildman–Crippen LogP) is 5.99. The van der Waals surface area contributed by atoms with Crippen LogP contribution in [0.3, 0.4) is 0 Å². The second-order valence-electron chi connectivity index (χ2n) is 7.26. The van der Waals surface area contributed by atoms with Gasteiger partial charge in [-0.2, -0.15) is 0 Å². The Morgan fingerprint density at radius 3 is 2.79 bits per heavy atom. The van der Waals surface area contributed by atoms with Crippen LogP contribution >= 0.6 is 15.9 Å². The van der Waals surface area contributed by atoms with E-state index in [1.165, 1.54) is 17.7 Å². The van der Waals surface area contributed by atoms with Crippen molar-refractivity contribution in [3.05, 3.63) is 81.6 Å². The molecule has 4 rings (SSSR count). The number of halogens is 2. The van der Waals surface area contributed by atoms with E-state index in [-0.39, 0.29) is 5.82 Å². The molecule has 5 heteroatoms. The molecule has 2 N–H and O–H groups in total. The molecule has 147 valence electrons. The lowest BCUT2D eigenvalue weighted by Gasteiger charge is -2.11. The van der Waals surface area contributed by atoms with Gasteiger partial charge in [0.25, 0.3) is 0 Å². The minimum Gasteiger partial charge on any atom is -0.366 e. The number of primary amides is 1. The Morgan fingerprint density at radius 2 is 2.03 bits per heavy atom. The fourth-order valence-electron chi connectivity index (χ4n) is 3.83. The van der Waals surface area contributed by atoms with Gasteiger partial charge in [-0.3, -0.25) is 4.79 Å². The van der Waals surface area contributed by atoms with Gasteiger partial charge in [0, 0.05) is 27.4 Å². The van der Waals surface area contributed by atoms with Crippen LogP contribution in [0.1, 0.15) is 41.3 Å². The molecule has 0 aliphatic carbocycles. The van der Waals surface area contributed by atoms with Gasteiger partial charge in [-0.1, -0.05) is 41.4 Å². The minimum atomic E-state index is -0.468. The van der Waals surface area contributed by atoms with E-state index in [9.17, 15) is 9.18 Å². The molecule has 3 aromatic carbocycles. The van der Waals surface area contributed by atoms with Crippen molar-refractivity contribution < 1.29 is 9.18 Å². The fraction of sp³-hybridized carbons (Fsp3) is 0.208. The van der Waals surface area contributed by atoms with Crippen molar-refractivity contribution in [2.75, 3.05) is 0 Å². The summed E-state index contributed by atoms with van der Waals surface area (Å²) >= 11 is 3.53. The second-order valence-corrected chi connectivity index (χ2v) is 8.11. The molecule has 3 nitrogen and oxygen atoms in total. The SMILES string of the molecule is CCCCc1c[c]c2c3c(C(N)=O)cccc3n(Cc3cc(F)ccc3Br)c2c1. The lowest BCUT2D eigenvalue weighted by Crippen LogP contribution is -2.11. The van der Waals surface area contributed by atoms with Crippen LogP contribution in [0.25, 0.3) is 21.8 Å². The number of hydrogen-bond acceptors (Lipinski definition) is 1. The molecule has 0 atom stereocenters. The number of fused-ring (bicyclic) bond motifs is 3. The van der Waals surface area contributed by atoms with Crippen LogP contribution in [0.15, 0.2) is 53.0 Å². The zero-order chi connectivity index (χ0) is 20.5. The Hall–Kier alpha value is -2.66. The van der Waals surface area contributed by atoms with Crippen LogP contribution < -0.4 is 5.73 Å². The van der Waals surface area contributed by atoms with Crippen molar-refractivity contribution in [1.82, 2.24) is 4.57 Å². The molecule has 1 heterocycles. The maximum absolute atomic E-state index is 13.9. The monoisotopic (exact) mass is 451 g/mol. The van der Waals surface area contributed by atoms with Crippen molar-refractivity contribution in [2.24, 2.45) is 5.73 Å². The molecule has 0 fully saturated rings. The third-order valence-corrected chi connectivity index (χ3v) is 6.05. The van der Waals surface area contributed by atoms with Crippen molar-refractivity contribution in [3.8, 4) is 0 Å². The summed E-state index contributed by atoms with van der Waals surface area (Å²) in [6.45, 7) is 2.63. The molecule has 0 aliphatic heterocycles. The summed E-state index contributed by atoms with van der Waals surface area (Å²) in [6, 6.07) is 17.8. The molecule has 0 spiro atoms. The van der Waals surface area contributed by atoms with E-state index in [0.717, 1.165) is 51.1 Å². The van der Waals surface area contributed by atoms with Gasteiger partial charge in [-0.05, 0) is 66.4 Å². The number of benzene rings is 3. The molecule has 1 amide bonds. The van der Waals surface area contributed by atoms with Gasteiger partial charge in [0.05, 0.1) is 11.0 Å². The lowest BCUT2D eigenvalue weighted by molar-refractivity contribution is 0.100. The third kappa shape index (κ3) is 3.67. The van der Waals surface area contributed by atoms with Crippen molar-refractivity contribution in [3.63, 3.8) is 0 Å². The number of nitrogens with two attached hydrogens (primary N) is 1. The number of carbonyl (C=O) groups is 1. The first-order valence-electron chi connectivity index (χ1n) is 9.69. The van der Waals surface area contributed by atoms with Gasteiger partial charge in [0.1, 0.15) is 5.82 Å². The van der Waals surface area contributed by atoms with E-state index in [4.69, 9.17) is 5.73 Å². The molecule has 0 saturated heterocycles. The smallest absolute Gasteiger partial charge is 0.249 e. The van der Waals surface area contributed by atoms with Gasteiger partial charge in [-0.25, -0.2) is 4.39 Å². The minimum absolute atomic E-state index is 0.281. The van der Waals surface area contributed by atoms with Crippen LogP contribution in [0.4, 0.5) is 4.39 Å². The third-order valence-electron chi connectivity index (χ3n) is 5.27. The highest BCUT2D eigenvalue weighted by Gasteiger charge is 2.18. The maximum Gasteiger partial charge on any atom is 0.249 e. The van der Waals surface area contributed by atoms with Crippen LogP contribution in [-0.4, -0.2) is 10.5 Å². The Balaban J connectivity index is 1.99. The van der Waals surface area contributed by atoms with Gasteiger partial charge in [-0.15, -0.1) is 0 Å². The summed E-state index contributed by atoms with van der Waals surface area (Å²) < 4.78 is 16.8. The zero-order valence-electron chi connectivity index (χ0n) is 16.1. The number of hydrogen-bond donors (Lipinski definition) is 1. The molecule has 0 aliphatic rings. The highest BCUT2D eigenvalue weighted by molar-refractivity contribution is 9.10. The maximum atomic E-state index is 13.9. The molecular formula is C24H21BrFN2O.